The lowest BCUT2D eigenvalue weighted by molar-refractivity contribution is 0.355. The van der Waals surface area contributed by atoms with Gasteiger partial charge in [-0.2, -0.15) is 0 Å². The SMILES string of the molecule is COc1ccc(-c2c(C)sc3ncc(CCN)n23)cc1OC. The molecular weight excluding hydrogens is 298 g/mol. The van der Waals surface area contributed by atoms with Gasteiger partial charge in [-0.25, -0.2) is 4.98 Å². The first-order chi connectivity index (χ1) is 10.7. The van der Waals surface area contributed by atoms with E-state index in [2.05, 4.69) is 16.3 Å². The van der Waals surface area contributed by atoms with Gasteiger partial charge < -0.3 is 15.2 Å². The number of methoxy groups -OCH3 is 2. The third kappa shape index (κ3) is 2.34. The number of imidazole rings is 1. The van der Waals surface area contributed by atoms with Crippen LogP contribution in [0.1, 0.15) is 10.6 Å². The maximum atomic E-state index is 5.72. The summed E-state index contributed by atoms with van der Waals surface area (Å²) in [5.74, 6) is 1.45. The van der Waals surface area contributed by atoms with Crippen LogP contribution in [0.4, 0.5) is 0 Å². The number of aryl methyl sites for hydroxylation is 1. The molecule has 116 valence electrons. The standard InChI is InChI=1S/C16H19N3O2S/c1-10-15(11-4-5-13(20-2)14(8-11)21-3)19-12(6-7-17)9-18-16(19)22-10/h4-5,8-9H,6-7,17H2,1-3H3. The Hall–Kier alpha value is -2.05. The Morgan fingerprint density at radius 1 is 1.23 bits per heavy atom. The highest BCUT2D eigenvalue weighted by Gasteiger charge is 2.17. The summed E-state index contributed by atoms with van der Waals surface area (Å²) in [5, 5.41) is 0. The number of benzene rings is 1. The molecule has 5 nitrogen and oxygen atoms in total. The number of thiazole rings is 1. The van der Waals surface area contributed by atoms with Crippen LogP contribution in [0.15, 0.2) is 24.4 Å². The molecule has 0 aliphatic carbocycles. The predicted octanol–water partition coefficient (Wildman–Crippen LogP) is 2.89. The topological polar surface area (TPSA) is 61.8 Å². The van der Waals surface area contributed by atoms with Crippen molar-refractivity contribution in [3.63, 3.8) is 0 Å². The molecular formula is C16H19N3O2S. The third-order valence-corrected chi connectivity index (χ3v) is 4.63. The lowest BCUT2D eigenvalue weighted by Gasteiger charge is -2.11. The van der Waals surface area contributed by atoms with Gasteiger partial charge >= 0.3 is 0 Å². The van der Waals surface area contributed by atoms with Crippen molar-refractivity contribution >= 4 is 16.3 Å². The molecule has 6 heteroatoms. The summed E-state index contributed by atoms with van der Waals surface area (Å²) in [7, 11) is 3.29. The fourth-order valence-corrected chi connectivity index (χ4v) is 3.65. The molecule has 0 atom stereocenters. The van der Waals surface area contributed by atoms with E-state index in [1.54, 1.807) is 25.6 Å². The van der Waals surface area contributed by atoms with Crippen LogP contribution >= 0.6 is 11.3 Å². The molecule has 0 aliphatic heterocycles. The van der Waals surface area contributed by atoms with Crippen molar-refractivity contribution in [3.8, 4) is 22.8 Å². The summed E-state index contributed by atoms with van der Waals surface area (Å²) < 4.78 is 12.9. The van der Waals surface area contributed by atoms with Crippen molar-refractivity contribution in [3.05, 3.63) is 35.0 Å². The summed E-state index contributed by atoms with van der Waals surface area (Å²) in [6, 6.07) is 5.97. The minimum Gasteiger partial charge on any atom is -0.493 e. The number of hydrogen-bond acceptors (Lipinski definition) is 5. The van der Waals surface area contributed by atoms with Crippen molar-refractivity contribution in [2.45, 2.75) is 13.3 Å². The first-order valence-electron chi connectivity index (χ1n) is 7.07. The van der Waals surface area contributed by atoms with Crippen molar-refractivity contribution < 1.29 is 9.47 Å². The molecule has 0 radical (unpaired) electrons. The number of aromatic nitrogens is 2. The lowest BCUT2D eigenvalue weighted by atomic mass is 10.1. The van der Waals surface area contributed by atoms with Gasteiger partial charge in [0.25, 0.3) is 0 Å². The third-order valence-electron chi connectivity index (χ3n) is 3.66. The Kier molecular flexibility index (Phi) is 4.04. The Bertz CT molecular complexity index is 807. The first-order valence-corrected chi connectivity index (χ1v) is 7.89. The maximum absolute atomic E-state index is 5.72. The molecule has 3 aromatic rings. The van der Waals surface area contributed by atoms with Crippen LogP contribution in [0.2, 0.25) is 0 Å². The molecule has 1 aromatic carbocycles. The van der Waals surface area contributed by atoms with Gasteiger partial charge in [0, 0.05) is 22.6 Å². The molecule has 0 aliphatic rings. The van der Waals surface area contributed by atoms with Gasteiger partial charge in [-0.05, 0) is 31.7 Å². The van der Waals surface area contributed by atoms with E-state index >= 15 is 0 Å². The molecule has 0 fully saturated rings. The van der Waals surface area contributed by atoms with Crippen LogP contribution in [0.25, 0.3) is 16.2 Å². The van der Waals surface area contributed by atoms with Crippen molar-refractivity contribution in [2.24, 2.45) is 5.73 Å². The molecule has 3 rings (SSSR count). The van der Waals surface area contributed by atoms with E-state index in [0.29, 0.717) is 6.54 Å². The predicted molar refractivity (Wildman–Crippen MR) is 89.1 cm³/mol. The van der Waals surface area contributed by atoms with Crippen LogP contribution in [-0.4, -0.2) is 30.1 Å². The highest BCUT2D eigenvalue weighted by molar-refractivity contribution is 7.17. The Labute approximate surface area is 133 Å². The van der Waals surface area contributed by atoms with Gasteiger partial charge in [-0.15, -0.1) is 11.3 Å². The quantitative estimate of drug-likeness (QED) is 0.786. The molecule has 2 aromatic heterocycles. The number of nitrogens with two attached hydrogens (primary N) is 1. The highest BCUT2D eigenvalue weighted by atomic mass is 32.1. The van der Waals surface area contributed by atoms with Crippen LogP contribution in [0.3, 0.4) is 0 Å². The monoisotopic (exact) mass is 317 g/mol. The second-order valence-corrected chi connectivity index (χ2v) is 6.16. The molecule has 0 amide bonds. The van der Waals surface area contributed by atoms with E-state index < -0.39 is 0 Å². The first kappa shape index (κ1) is 14.9. The van der Waals surface area contributed by atoms with Gasteiger partial charge in [0.15, 0.2) is 16.5 Å². The van der Waals surface area contributed by atoms with E-state index in [-0.39, 0.29) is 0 Å². The summed E-state index contributed by atoms with van der Waals surface area (Å²) in [6.07, 6.45) is 2.71. The molecule has 0 saturated heterocycles. The fraction of sp³-hybridized carbons (Fsp3) is 0.312. The van der Waals surface area contributed by atoms with Crippen LogP contribution in [0.5, 0.6) is 11.5 Å². The molecule has 2 heterocycles. The molecule has 2 N–H and O–H groups in total. The molecule has 0 bridgehead atoms. The molecule has 0 saturated carbocycles. The summed E-state index contributed by atoms with van der Waals surface area (Å²) in [4.78, 5) is 6.70. The van der Waals surface area contributed by atoms with E-state index in [0.717, 1.165) is 39.8 Å². The van der Waals surface area contributed by atoms with E-state index in [4.69, 9.17) is 15.2 Å². The van der Waals surface area contributed by atoms with Gasteiger partial charge in [0.1, 0.15) is 0 Å². The summed E-state index contributed by atoms with van der Waals surface area (Å²) >= 11 is 1.68. The zero-order valence-corrected chi connectivity index (χ0v) is 13.7. The van der Waals surface area contributed by atoms with Crippen molar-refractivity contribution in [1.82, 2.24) is 9.38 Å². The van der Waals surface area contributed by atoms with Crippen LogP contribution in [0, 0.1) is 6.92 Å². The Morgan fingerprint density at radius 3 is 2.68 bits per heavy atom. The van der Waals surface area contributed by atoms with Gasteiger partial charge in [-0.3, -0.25) is 4.40 Å². The maximum Gasteiger partial charge on any atom is 0.194 e. The van der Waals surface area contributed by atoms with Gasteiger partial charge in [0.2, 0.25) is 0 Å². The molecule has 0 spiro atoms. The van der Waals surface area contributed by atoms with E-state index in [9.17, 15) is 0 Å². The summed E-state index contributed by atoms with van der Waals surface area (Å²) in [5.41, 5.74) is 9.07. The number of ether oxygens (including phenoxy) is 2. The van der Waals surface area contributed by atoms with E-state index in [1.165, 1.54) is 4.88 Å². The lowest BCUT2D eigenvalue weighted by Crippen LogP contribution is -2.05. The largest absolute Gasteiger partial charge is 0.493 e. The number of hydrogen-bond donors (Lipinski definition) is 1. The van der Waals surface area contributed by atoms with Crippen LogP contribution in [-0.2, 0) is 6.42 Å². The average molecular weight is 317 g/mol. The summed E-state index contributed by atoms with van der Waals surface area (Å²) in [6.45, 7) is 2.71. The Balaban J connectivity index is 2.20. The second-order valence-electron chi connectivity index (χ2n) is 4.98. The normalized spacial score (nSPS) is 11.1. The number of fused-ring (bicyclic) bond motifs is 1. The Morgan fingerprint density at radius 2 is 2.00 bits per heavy atom. The number of rotatable bonds is 5. The zero-order chi connectivity index (χ0) is 15.7. The zero-order valence-electron chi connectivity index (χ0n) is 12.9. The van der Waals surface area contributed by atoms with Crippen molar-refractivity contribution in [1.29, 1.82) is 0 Å². The molecule has 0 unspecified atom stereocenters. The van der Waals surface area contributed by atoms with Gasteiger partial charge in [-0.1, -0.05) is 0 Å². The van der Waals surface area contributed by atoms with Crippen molar-refractivity contribution in [2.75, 3.05) is 20.8 Å². The molecule has 22 heavy (non-hydrogen) atoms. The fourth-order valence-electron chi connectivity index (χ4n) is 2.66. The van der Waals surface area contributed by atoms with E-state index in [1.807, 2.05) is 24.4 Å². The minimum atomic E-state index is 0.605. The minimum absolute atomic E-state index is 0.605. The van der Waals surface area contributed by atoms with Gasteiger partial charge in [0.05, 0.1) is 26.1 Å². The van der Waals surface area contributed by atoms with Crippen LogP contribution < -0.4 is 15.2 Å². The average Bonchev–Trinajstić information content (AvgIpc) is 3.05. The highest BCUT2D eigenvalue weighted by Crippen LogP contribution is 2.37. The smallest absolute Gasteiger partial charge is 0.194 e. The second kappa shape index (κ2) is 5.98. The number of nitrogens with zero attached hydrogens (tertiary/aromatic N) is 2.